The Morgan fingerprint density at radius 1 is 1.33 bits per heavy atom. The lowest BCUT2D eigenvalue weighted by Gasteiger charge is -2.28. The summed E-state index contributed by atoms with van der Waals surface area (Å²) in [5.74, 6) is 0.761. The average molecular weight is 388 g/mol. The highest BCUT2D eigenvalue weighted by Crippen LogP contribution is 2.32. The lowest BCUT2D eigenvalue weighted by molar-refractivity contribution is 0.0941. The van der Waals surface area contributed by atoms with Crippen LogP contribution in [0.15, 0.2) is 23.5 Å². The summed E-state index contributed by atoms with van der Waals surface area (Å²) >= 11 is 1.79. The average Bonchev–Trinajstić information content (AvgIpc) is 2.98. The number of nitrogens with zero attached hydrogens (tertiary/aromatic N) is 4. The standard InChI is InChI=1S/C20H29N5OS/c1-5-25-16(4)19(27-24-8-6-14(2)7-9-24)10-18(25)20(26)22-12-17-11-21-13-23-15(17)3/h10-11,13-14H,5-9,12H2,1-4H3,(H,22,26). The topological polar surface area (TPSA) is 63.1 Å². The van der Waals surface area contributed by atoms with Gasteiger partial charge in [-0.15, -0.1) is 0 Å². The molecule has 0 bridgehead atoms. The van der Waals surface area contributed by atoms with Crippen molar-refractivity contribution in [1.82, 2.24) is 24.2 Å². The summed E-state index contributed by atoms with van der Waals surface area (Å²) in [5, 5.41) is 3.02. The molecule has 1 aliphatic heterocycles. The van der Waals surface area contributed by atoms with E-state index in [9.17, 15) is 4.79 Å². The van der Waals surface area contributed by atoms with E-state index in [2.05, 4.69) is 44.9 Å². The van der Waals surface area contributed by atoms with Crippen molar-refractivity contribution in [2.75, 3.05) is 13.1 Å². The number of rotatable bonds is 6. The van der Waals surface area contributed by atoms with Crippen LogP contribution in [-0.2, 0) is 13.1 Å². The number of carbonyl (C=O) groups excluding carboxylic acids is 1. The van der Waals surface area contributed by atoms with Crippen LogP contribution in [0, 0.1) is 19.8 Å². The number of nitrogens with one attached hydrogen (secondary N) is 1. The van der Waals surface area contributed by atoms with Crippen LogP contribution in [-0.4, -0.2) is 37.8 Å². The largest absolute Gasteiger partial charge is 0.347 e. The van der Waals surface area contributed by atoms with Crippen LogP contribution in [0.5, 0.6) is 0 Å². The van der Waals surface area contributed by atoms with Crippen LogP contribution in [0.1, 0.15) is 54.1 Å². The molecule has 146 valence electrons. The maximum atomic E-state index is 12.8. The smallest absolute Gasteiger partial charge is 0.268 e. The van der Waals surface area contributed by atoms with Crippen molar-refractivity contribution < 1.29 is 4.79 Å². The minimum absolute atomic E-state index is 0.0534. The first-order valence-electron chi connectivity index (χ1n) is 9.66. The van der Waals surface area contributed by atoms with Gasteiger partial charge in [0.05, 0.1) is 0 Å². The molecule has 0 spiro atoms. The SMILES string of the molecule is CCn1c(C(=O)NCc2cncnc2C)cc(SN2CCC(C)CC2)c1C. The lowest BCUT2D eigenvalue weighted by Crippen LogP contribution is -2.27. The number of aryl methyl sites for hydroxylation is 1. The van der Waals surface area contributed by atoms with Gasteiger partial charge in [-0.05, 0) is 57.5 Å². The van der Waals surface area contributed by atoms with Crippen molar-refractivity contribution in [3.8, 4) is 0 Å². The zero-order valence-electron chi connectivity index (χ0n) is 16.7. The Morgan fingerprint density at radius 3 is 2.74 bits per heavy atom. The molecule has 0 aromatic carbocycles. The second kappa shape index (κ2) is 8.89. The van der Waals surface area contributed by atoms with Gasteiger partial charge < -0.3 is 9.88 Å². The fourth-order valence-corrected chi connectivity index (χ4v) is 4.46. The molecule has 1 aliphatic rings. The molecule has 0 unspecified atom stereocenters. The van der Waals surface area contributed by atoms with Gasteiger partial charge in [-0.2, -0.15) is 0 Å². The number of hydrogen-bond acceptors (Lipinski definition) is 5. The Labute approximate surface area is 165 Å². The summed E-state index contributed by atoms with van der Waals surface area (Å²) in [4.78, 5) is 22.2. The van der Waals surface area contributed by atoms with Gasteiger partial charge in [0.1, 0.15) is 12.0 Å². The monoisotopic (exact) mass is 387 g/mol. The zero-order chi connectivity index (χ0) is 19.4. The summed E-state index contributed by atoms with van der Waals surface area (Å²) in [6.45, 7) is 11.9. The molecular formula is C20H29N5OS. The van der Waals surface area contributed by atoms with E-state index in [0.717, 1.165) is 48.2 Å². The number of hydrogen-bond donors (Lipinski definition) is 1. The predicted octanol–water partition coefficient (Wildman–Crippen LogP) is 3.58. The van der Waals surface area contributed by atoms with Crippen LogP contribution in [0.25, 0.3) is 0 Å². The molecule has 0 radical (unpaired) electrons. The third-order valence-electron chi connectivity index (χ3n) is 5.29. The molecule has 7 heteroatoms. The fraction of sp³-hybridized carbons (Fsp3) is 0.550. The van der Waals surface area contributed by atoms with Gasteiger partial charge in [0.2, 0.25) is 0 Å². The normalized spacial score (nSPS) is 15.9. The van der Waals surface area contributed by atoms with Gasteiger partial charge in [-0.3, -0.25) is 4.79 Å². The van der Waals surface area contributed by atoms with Crippen LogP contribution < -0.4 is 5.32 Å². The summed E-state index contributed by atoms with van der Waals surface area (Å²) in [7, 11) is 0. The Balaban J connectivity index is 1.71. The molecular weight excluding hydrogens is 358 g/mol. The summed E-state index contributed by atoms with van der Waals surface area (Å²) < 4.78 is 4.52. The number of amides is 1. The summed E-state index contributed by atoms with van der Waals surface area (Å²) in [6.07, 6.45) is 5.77. The highest BCUT2D eigenvalue weighted by Gasteiger charge is 2.21. The van der Waals surface area contributed by atoms with Crippen molar-refractivity contribution in [2.24, 2.45) is 5.92 Å². The highest BCUT2D eigenvalue weighted by atomic mass is 32.2. The zero-order valence-corrected chi connectivity index (χ0v) is 17.5. The lowest BCUT2D eigenvalue weighted by atomic mass is 10.0. The van der Waals surface area contributed by atoms with E-state index in [1.54, 1.807) is 18.1 Å². The molecule has 0 saturated carbocycles. The third kappa shape index (κ3) is 4.71. The minimum Gasteiger partial charge on any atom is -0.347 e. The fourth-order valence-electron chi connectivity index (χ4n) is 3.38. The molecule has 0 aliphatic carbocycles. The first kappa shape index (κ1) is 19.9. The van der Waals surface area contributed by atoms with Crippen molar-refractivity contribution in [3.05, 3.63) is 41.2 Å². The number of carbonyl (C=O) groups is 1. The van der Waals surface area contributed by atoms with Gasteiger partial charge in [-0.1, -0.05) is 6.92 Å². The van der Waals surface area contributed by atoms with Crippen molar-refractivity contribution in [2.45, 2.75) is 58.5 Å². The molecule has 3 heterocycles. The van der Waals surface area contributed by atoms with Crippen molar-refractivity contribution in [1.29, 1.82) is 0 Å². The Kier molecular flexibility index (Phi) is 6.55. The van der Waals surface area contributed by atoms with Gasteiger partial charge in [-0.25, -0.2) is 14.3 Å². The van der Waals surface area contributed by atoms with Crippen LogP contribution >= 0.6 is 11.9 Å². The first-order valence-corrected chi connectivity index (χ1v) is 10.4. The van der Waals surface area contributed by atoms with Gasteiger partial charge in [0, 0.05) is 54.2 Å². The van der Waals surface area contributed by atoms with E-state index >= 15 is 0 Å². The molecule has 2 aromatic heterocycles. The predicted molar refractivity (Wildman–Crippen MR) is 109 cm³/mol. The second-order valence-corrected chi connectivity index (χ2v) is 8.38. The quantitative estimate of drug-likeness (QED) is 0.768. The van der Waals surface area contributed by atoms with E-state index in [1.165, 1.54) is 24.1 Å². The molecule has 0 atom stereocenters. The maximum Gasteiger partial charge on any atom is 0.268 e. The molecule has 1 saturated heterocycles. The van der Waals surface area contributed by atoms with E-state index in [4.69, 9.17) is 0 Å². The van der Waals surface area contributed by atoms with E-state index in [-0.39, 0.29) is 5.91 Å². The highest BCUT2D eigenvalue weighted by molar-refractivity contribution is 7.97. The Bertz CT molecular complexity index is 796. The van der Waals surface area contributed by atoms with Crippen molar-refractivity contribution in [3.63, 3.8) is 0 Å². The Morgan fingerprint density at radius 2 is 2.07 bits per heavy atom. The molecule has 1 amide bonds. The van der Waals surface area contributed by atoms with Crippen molar-refractivity contribution >= 4 is 17.9 Å². The number of piperidine rings is 1. The molecule has 6 nitrogen and oxygen atoms in total. The number of aromatic nitrogens is 3. The van der Waals surface area contributed by atoms with Crippen LogP contribution in [0.4, 0.5) is 0 Å². The second-order valence-electron chi connectivity index (χ2n) is 7.24. The summed E-state index contributed by atoms with van der Waals surface area (Å²) in [5.41, 5.74) is 3.71. The maximum absolute atomic E-state index is 12.8. The molecule has 2 aromatic rings. The molecule has 1 fully saturated rings. The minimum atomic E-state index is -0.0534. The van der Waals surface area contributed by atoms with Crippen LogP contribution in [0.3, 0.4) is 0 Å². The molecule has 3 rings (SSSR count). The first-order chi connectivity index (χ1) is 13.0. The molecule has 1 N–H and O–H groups in total. The Hall–Kier alpha value is -1.86. The van der Waals surface area contributed by atoms with Gasteiger partial charge >= 0.3 is 0 Å². The summed E-state index contributed by atoms with van der Waals surface area (Å²) in [6, 6.07) is 2.03. The molecule has 27 heavy (non-hydrogen) atoms. The third-order valence-corrected chi connectivity index (χ3v) is 6.52. The van der Waals surface area contributed by atoms with E-state index < -0.39 is 0 Å². The van der Waals surface area contributed by atoms with Crippen LogP contribution in [0.2, 0.25) is 0 Å². The van der Waals surface area contributed by atoms with E-state index in [0.29, 0.717) is 6.54 Å². The van der Waals surface area contributed by atoms with Gasteiger partial charge in [0.25, 0.3) is 5.91 Å². The van der Waals surface area contributed by atoms with Gasteiger partial charge in [0.15, 0.2) is 0 Å². The van der Waals surface area contributed by atoms with E-state index in [1.807, 2.05) is 13.0 Å².